The number of hydrogen-bond acceptors (Lipinski definition) is 3. The van der Waals surface area contributed by atoms with Crippen molar-refractivity contribution < 1.29 is 22.6 Å². The molecule has 0 radical (unpaired) electrons. The van der Waals surface area contributed by atoms with Crippen molar-refractivity contribution in [1.29, 1.82) is 0 Å². The molecule has 11 heteroatoms. The van der Waals surface area contributed by atoms with Crippen LogP contribution in [-0.2, 0) is 6.18 Å². The van der Waals surface area contributed by atoms with E-state index < -0.39 is 11.7 Å². The zero-order chi connectivity index (χ0) is 19.5. The fraction of sp³-hybridized carbons (Fsp3) is 0.133. The van der Waals surface area contributed by atoms with Gasteiger partial charge < -0.3 is 9.47 Å². The van der Waals surface area contributed by atoms with Crippen molar-refractivity contribution in [2.75, 3.05) is 6.61 Å². The summed E-state index contributed by atoms with van der Waals surface area (Å²) in [7, 11) is 0. The van der Waals surface area contributed by atoms with Gasteiger partial charge in [-0.2, -0.15) is 13.2 Å². The summed E-state index contributed by atoms with van der Waals surface area (Å²) in [6.07, 6.45) is -2.26. The Balaban J connectivity index is 2.22. The molecule has 0 saturated carbocycles. The molecule has 0 aliphatic carbocycles. The van der Waals surface area contributed by atoms with Crippen molar-refractivity contribution in [2.24, 2.45) is 0 Å². The zero-order valence-electron chi connectivity index (χ0n) is 12.4. The number of alkyl halides is 3. The molecule has 3 nitrogen and oxygen atoms in total. The molecule has 1 aromatic heterocycles. The monoisotopic (exact) mass is 553 g/mol. The number of aromatic nitrogens is 1. The van der Waals surface area contributed by atoms with Crippen LogP contribution in [0.2, 0.25) is 15.1 Å². The molecule has 0 bridgehead atoms. The maximum atomic E-state index is 12.6. The van der Waals surface area contributed by atoms with E-state index in [1.807, 2.05) is 0 Å². The Kier molecular flexibility index (Phi) is 7.50. The number of benzene rings is 1. The molecule has 0 aliphatic rings. The van der Waals surface area contributed by atoms with E-state index in [2.05, 4.69) is 36.8 Å². The van der Waals surface area contributed by atoms with Crippen molar-refractivity contribution in [2.45, 2.75) is 6.18 Å². The summed E-state index contributed by atoms with van der Waals surface area (Å²) in [5, 5.41) is -0.0102. The Morgan fingerprint density at radius 3 is 2.19 bits per heavy atom. The summed E-state index contributed by atoms with van der Waals surface area (Å²) in [4.78, 5) is 3.58. The molecule has 0 saturated heterocycles. The quantitative estimate of drug-likeness (QED) is 0.376. The van der Waals surface area contributed by atoms with E-state index in [0.717, 1.165) is 6.07 Å². The van der Waals surface area contributed by atoms with Crippen LogP contribution in [0.5, 0.6) is 17.4 Å². The van der Waals surface area contributed by atoms with Crippen LogP contribution < -0.4 is 9.47 Å². The second kappa shape index (κ2) is 9.01. The molecular formula is C15H7Br2Cl3F3NO2. The van der Waals surface area contributed by atoms with Gasteiger partial charge in [0.1, 0.15) is 17.4 Å². The van der Waals surface area contributed by atoms with E-state index in [1.54, 1.807) is 6.08 Å². The predicted octanol–water partition coefficient (Wildman–Crippen LogP) is 7.86. The van der Waals surface area contributed by atoms with Crippen molar-refractivity contribution in [3.05, 3.63) is 54.5 Å². The topological polar surface area (TPSA) is 31.4 Å². The Hall–Kier alpha value is -0.670. The Bertz CT molecular complexity index is 820. The molecule has 0 unspecified atom stereocenters. The van der Waals surface area contributed by atoms with E-state index in [-0.39, 0.29) is 39.1 Å². The first kappa shape index (κ1) is 21.6. The van der Waals surface area contributed by atoms with Gasteiger partial charge >= 0.3 is 6.18 Å². The zero-order valence-corrected chi connectivity index (χ0v) is 17.8. The van der Waals surface area contributed by atoms with Crippen LogP contribution >= 0.6 is 66.7 Å². The Morgan fingerprint density at radius 2 is 1.69 bits per heavy atom. The third-order valence-corrected chi connectivity index (χ3v) is 4.27. The normalized spacial score (nSPS) is 11.2. The van der Waals surface area contributed by atoms with Gasteiger partial charge in [0.25, 0.3) is 0 Å². The first-order chi connectivity index (χ1) is 12.1. The lowest BCUT2D eigenvalue weighted by atomic mass is 10.3. The largest absolute Gasteiger partial charge is 0.486 e. The van der Waals surface area contributed by atoms with Crippen molar-refractivity contribution in [1.82, 2.24) is 4.98 Å². The highest BCUT2D eigenvalue weighted by Crippen LogP contribution is 2.40. The summed E-state index contributed by atoms with van der Waals surface area (Å²) in [5.41, 5.74) is -0.985. The van der Waals surface area contributed by atoms with Gasteiger partial charge in [0.15, 0.2) is 5.75 Å². The lowest BCUT2D eigenvalue weighted by Gasteiger charge is -2.13. The van der Waals surface area contributed by atoms with Crippen molar-refractivity contribution in [3.8, 4) is 17.4 Å². The van der Waals surface area contributed by atoms with E-state index >= 15 is 0 Å². The maximum absolute atomic E-state index is 12.6. The molecule has 0 fully saturated rings. The fourth-order valence-electron chi connectivity index (χ4n) is 1.69. The van der Waals surface area contributed by atoms with Crippen molar-refractivity contribution >= 4 is 66.7 Å². The molecule has 140 valence electrons. The molecule has 1 aromatic carbocycles. The van der Waals surface area contributed by atoms with Gasteiger partial charge in [-0.1, -0.05) is 34.8 Å². The molecular weight excluding hydrogens is 549 g/mol. The molecule has 26 heavy (non-hydrogen) atoms. The van der Waals surface area contributed by atoms with Gasteiger partial charge in [-0.25, -0.2) is 4.98 Å². The van der Waals surface area contributed by atoms with Crippen molar-refractivity contribution in [3.63, 3.8) is 0 Å². The minimum absolute atomic E-state index is 0.138. The number of hydrogen-bond donors (Lipinski definition) is 0. The third-order valence-electron chi connectivity index (χ3n) is 2.79. The smallest absolute Gasteiger partial charge is 0.417 e. The number of nitrogens with zero attached hydrogens (tertiary/aromatic N) is 1. The minimum atomic E-state index is -4.56. The van der Waals surface area contributed by atoms with Crippen LogP contribution in [0.4, 0.5) is 13.2 Å². The van der Waals surface area contributed by atoms with Crippen LogP contribution in [0.25, 0.3) is 0 Å². The Morgan fingerprint density at radius 1 is 1.08 bits per heavy atom. The molecule has 0 atom stereocenters. The van der Waals surface area contributed by atoms with E-state index in [0.29, 0.717) is 9.59 Å². The van der Waals surface area contributed by atoms with Crippen LogP contribution in [0, 0.1) is 0 Å². The van der Waals surface area contributed by atoms with Crippen LogP contribution in [0.1, 0.15) is 5.56 Å². The first-order valence-electron chi connectivity index (χ1n) is 6.61. The standard InChI is InChI=1S/C15H7Br2Cl3F3NO2/c16-12(17)1-2-25-13-9(18)4-8(5-10(13)19)26-14-11(20)3-7(6-24-14)15(21,22)23/h1,3-6H,2H2. The SMILES string of the molecule is FC(F)(F)c1cnc(Oc2cc(Cl)c(OCC=C(Br)Br)c(Cl)c2)c(Cl)c1. The summed E-state index contributed by atoms with van der Waals surface area (Å²) < 4.78 is 49.4. The van der Waals surface area contributed by atoms with Gasteiger partial charge in [-0.05, 0) is 44.0 Å². The summed E-state index contributed by atoms with van der Waals surface area (Å²) in [5.74, 6) is 0.148. The number of rotatable bonds is 5. The second-order valence-corrected chi connectivity index (χ2v) is 8.63. The van der Waals surface area contributed by atoms with Gasteiger partial charge in [0.05, 0.1) is 19.0 Å². The maximum Gasteiger partial charge on any atom is 0.417 e. The van der Waals surface area contributed by atoms with Gasteiger partial charge in [0.2, 0.25) is 5.88 Å². The number of halogens is 8. The molecule has 2 rings (SSSR count). The molecule has 0 amide bonds. The highest BCUT2D eigenvalue weighted by Gasteiger charge is 2.31. The third kappa shape index (κ3) is 5.92. The van der Waals surface area contributed by atoms with Crippen LogP contribution in [0.3, 0.4) is 0 Å². The highest BCUT2D eigenvalue weighted by molar-refractivity contribution is 9.28. The molecule has 1 heterocycles. The molecule has 2 aromatic rings. The molecule has 0 N–H and O–H groups in total. The van der Waals surface area contributed by atoms with Gasteiger partial charge in [0, 0.05) is 18.3 Å². The summed E-state index contributed by atoms with van der Waals surface area (Å²) in [6, 6.07) is 3.48. The average molecular weight is 556 g/mol. The highest BCUT2D eigenvalue weighted by atomic mass is 79.9. The average Bonchev–Trinajstić information content (AvgIpc) is 2.50. The van der Waals surface area contributed by atoms with E-state index in [1.165, 1.54) is 12.1 Å². The molecule has 0 spiro atoms. The summed E-state index contributed by atoms with van der Waals surface area (Å²) in [6.45, 7) is 0.192. The lowest BCUT2D eigenvalue weighted by Crippen LogP contribution is -2.05. The minimum Gasteiger partial charge on any atom is -0.486 e. The summed E-state index contributed by atoms with van der Waals surface area (Å²) >= 11 is 24.4. The van der Waals surface area contributed by atoms with E-state index in [9.17, 15) is 13.2 Å². The van der Waals surface area contributed by atoms with E-state index in [4.69, 9.17) is 44.3 Å². The van der Waals surface area contributed by atoms with Gasteiger partial charge in [-0.3, -0.25) is 0 Å². The lowest BCUT2D eigenvalue weighted by molar-refractivity contribution is -0.137. The Labute approximate surface area is 178 Å². The molecule has 0 aliphatic heterocycles. The fourth-order valence-corrected chi connectivity index (χ4v) is 2.73. The van der Waals surface area contributed by atoms with Crippen LogP contribution in [-0.4, -0.2) is 11.6 Å². The second-order valence-electron chi connectivity index (χ2n) is 4.63. The first-order valence-corrected chi connectivity index (χ1v) is 9.33. The van der Waals surface area contributed by atoms with Gasteiger partial charge in [-0.15, -0.1) is 0 Å². The number of ether oxygens (including phenoxy) is 2. The predicted molar refractivity (Wildman–Crippen MR) is 102 cm³/mol. The number of pyridine rings is 1. The van der Waals surface area contributed by atoms with Crippen LogP contribution in [0.15, 0.2) is 33.9 Å².